The van der Waals surface area contributed by atoms with Gasteiger partial charge in [0.25, 0.3) is 0 Å². The number of nitrogens with zero attached hydrogens (tertiary/aromatic N) is 3. The lowest BCUT2D eigenvalue weighted by Crippen LogP contribution is -2.42. The van der Waals surface area contributed by atoms with Crippen LogP contribution < -0.4 is 5.32 Å². The number of hydrogen-bond donors (Lipinski definition) is 1. The number of piperidine rings is 1. The number of likely N-dealkylation sites (tertiary alicyclic amines) is 1. The number of carbonyl (C=O) groups excluding carboxylic acids is 2. The highest BCUT2D eigenvalue weighted by molar-refractivity contribution is 5.85. The third kappa shape index (κ3) is 4.22. The van der Waals surface area contributed by atoms with Gasteiger partial charge in [-0.25, -0.2) is 4.68 Å². The van der Waals surface area contributed by atoms with Crippen molar-refractivity contribution >= 4 is 11.8 Å². The van der Waals surface area contributed by atoms with E-state index in [1.54, 1.807) is 10.9 Å². The Balaban J connectivity index is 1.47. The summed E-state index contributed by atoms with van der Waals surface area (Å²) in [5.41, 5.74) is 1.86. The van der Waals surface area contributed by atoms with Gasteiger partial charge in [0, 0.05) is 25.5 Å². The number of benzene rings is 1. The second-order valence-electron chi connectivity index (χ2n) is 6.01. The van der Waals surface area contributed by atoms with E-state index >= 15 is 0 Å². The van der Waals surface area contributed by atoms with Crippen LogP contribution in [0.3, 0.4) is 0 Å². The highest BCUT2D eigenvalue weighted by Gasteiger charge is 2.16. The second-order valence-corrected chi connectivity index (χ2v) is 6.01. The molecule has 3 rings (SSSR count). The zero-order valence-corrected chi connectivity index (χ0v) is 13.6. The van der Waals surface area contributed by atoms with Gasteiger partial charge in [-0.1, -0.05) is 12.1 Å². The van der Waals surface area contributed by atoms with Crippen LogP contribution in [0.5, 0.6) is 0 Å². The first kappa shape index (κ1) is 16.2. The summed E-state index contributed by atoms with van der Waals surface area (Å²) in [7, 11) is 0. The topological polar surface area (TPSA) is 67.2 Å². The lowest BCUT2D eigenvalue weighted by molar-refractivity contribution is -0.133. The first-order valence-electron chi connectivity index (χ1n) is 8.36. The SMILES string of the molecule is O=C(Cc1ccc(-n2cccn2)cc1)NCC(=O)N1CCCCC1. The molecular formula is C18H22N4O2. The predicted molar refractivity (Wildman–Crippen MR) is 90.7 cm³/mol. The molecule has 2 amide bonds. The van der Waals surface area contributed by atoms with E-state index < -0.39 is 0 Å². The number of carbonyl (C=O) groups is 2. The summed E-state index contributed by atoms with van der Waals surface area (Å²) in [5, 5.41) is 6.89. The molecule has 1 fully saturated rings. The van der Waals surface area contributed by atoms with Gasteiger partial charge in [0.15, 0.2) is 0 Å². The summed E-state index contributed by atoms with van der Waals surface area (Å²) >= 11 is 0. The van der Waals surface area contributed by atoms with E-state index in [9.17, 15) is 9.59 Å². The zero-order valence-electron chi connectivity index (χ0n) is 13.6. The molecule has 1 aromatic carbocycles. The van der Waals surface area contributed by atoms with E-state index in [0.717, 1.165) is 37.2 Å². The number of nitrogens with one attached hydrogen (secondary N) is 1. The van der Waals surface area contributed by atoms with Gasteiger partial charge >= 0.3 is 0 Å². The highest BCUT2D eigenvalue weighted by atomic mass is 16.2. The molecule has 1 N–H and O–H groups in total. The van der Waals surface area contributed by atoms with Crippen LogP contribution >= 0.6 is 0 Å². The number of aromatic nitrogens is 2. The average molecular weight is 326 g/mol. The summed E-state index contributed by atoms with van der Waals surface area (Å²) in [6, 6.07) is 9.52. The van der Waals surface area contributed by atoms with Gasteiger partial charge in [0.2, 0.25) is 11.8 Å². The van der Waals surface area contributed by atoms with Gasteiger partial charge in [0.1, 0.15) is 0 Å². The van der Waals surface area contributed by atoms with Crippen LogP contribution in [-0.4, -0.2) is 46.1 Å². The fourth-order valence-corrected chi connectivity index (χ4v) is 2.87. The molecule has 0 bridgehead atoms. The predicted octanol–water partition coefficient (Wildman–Crippen LogP) is 1.54. The molecule has 24 heavy (non-hydrogen) atoms. The van der Waals surface area contributed by atoms with Gasteiger partial charge in [-0.05, 0) is 43.0 Å². The number of hydrogen-bond acceptors (Lipinski definition) is 3. The molecule has 126 valence electrons. The first-order valence-corrected chi connectivity index (χ1v) is 8.36. The molecule has 1 aliphatic rings. The van der Waals surface area contributed by atoms with Gasteiger partial charge < -0.3 is 10.2 Å². The third-order valence-corrected chi connectivity index (χ3v) is 4.22. The van der Waals surface area contributed by atoms with Crippen molar-refractivity contribution in [3.8, 4) is 5.69 Å². The molecule has 6 nitrogen and oxygen atoms in total. The van der Waals surface area contributed by atoms with Crippen molar-refractivity contribution in [1.29, 1.82) is 0 Å². The van der Waals surface area contributed by atoms with Gasteiger partial charge in [-0.2, -0.15) is 5.10 Å². The quantitative estimate of drug-likeness (QED) is 0.906. The minimum Gasteiger partial charge on any atom is -0.347 e. The Morgan fingerprint density at radius 1 is 1.08 bits per heavy atom. The van der Waals surface area contributed by atoms with Crippen molar-refractivity contribution in [3.63, 3.8) is 0 Å². The smallest absolute Gasteiger partial charge is 0.241 e. The van der Waals surface area contributed by atoms with E-state index in [-0.39, 0.29) is 24.8 Å². The van der Waals surface area contributed by atoms with Crippen molar-refractivity contribution in [2.24, 2.45) is 0 Å². The highest BCUT2D eigenvalue weighted by Crippen LogP contribution is 2.10. The van der Waals surface area contributed by atoms with Crippen LogP contribution in [0.25, 0.3) is 5.69 Å². The Bertz CT molecular complexity index is 674. The summed E-state index contributed by atoms with van der Waals surface area (Å²) in [6.45, 7) is 1.71. The Morgan fingerprint density at radius 2 is 1.83 bits per heavy atom. The molecule has 0 atom stereocenters. The van der Waals surface area contributed by atoms with Crippen LogP contribution in [-0.2, 0) is 16.0 Å². The molecule has 6 heteroatoms. The van der Waals surface area contributed by atoms with Crippen molar-refractivity contribution in [2.75, 3.05) is 19.6 Å². The fourth-order valence-electron chi connectivity index (χ4n) is 2.87. The number of rotatable bonds is 5. The molecule has 0 unspecified atom stereocenters. The summed E-state index contributed by atoms with van der Waals surface area (Å²) < 4.78 is 1.77. The van der Waals surface area contributed by atoms with Gasteiger partial charge in [0.05, 0.1) is 18.7 Å². The molecule has 0 aliphatic carbocycles. The molecule has 0 radical (unpaired) electrons. The first-order chi connectivity index (χ1) is 11.7. The number of amides is 2. The maximum Gasteiger partial charge on any atom is 0.241 e. The molecule has 0 saturated carbocycles. The van der Waals surface area contributed by atoms with Gasteiger partial charge in [-0.3, -0.25) is 9.59 Å². The Hall–Kier alpha value is -2.63. The van der Waals surface area contributed by atoms with E-state index in [1.807, 2.05) is 41.4 Å². The lowest BCUT2D eigenvalue weighted by Gasteiger charge is -2.26. The third-order valence-electron chi connectivity index (χ3n) is 4.22. The molecule has 2 heterocycles. The Labute approximate surface area is 141 Å². The van der Waals surface area contributed by atoms with E-state index in [0.29, 0.717) is 0 Å². The molecular weight excluding hydrogens is 304 g/mol. The van der Waals surface area contributed by atoms with Crippen LogP contribution in [0, 0.1) is 0 Å². The van der Waals surface area contributed by atoms with E-state index in [2.05, 4.69) is 10.4 Å². The lowest BCUT2D eigenvalue weighted by atomic mass is 10.1. The zero-order chi connectivity index (χ0) is 16.8. The molecule has 1 saturated heterocycles. The largest absolute Gasteiger partial charge is 0.347 e. The maximum atomic E-state index is 12.0. The monoisotopic (exact) mass is 326 g/mol. The molecule has 1 aliphatic heterocycles. The van der Waals surface area contributed by atoms with Crippen molar-refractivity contribution in [1.82, 2.24) is 20.0 Å². The standard InChI is InChI=1S/C18H22N4O2/c23-17(19-14-18(24)21-10-2-1-3-11-21)13-15-5-7-16(8-6-15)22-12-4-9-20-22/h4-9,12H,1-3,10-11,13-14H2,(H,19,23). The van der Waals surface area contributed by atoms with Crippen LogP contribution in [0.15, 0.2) is 42.7 Å². The van der Waals surface area contributed by atoms with Crippen LogP contribution in [0.2, 0.25) is 0 Å². The maximum absolute atomic E-state index is 12.0. The average Bonchev–Trinajstić information content (AvgIpc) is 3.16. The van der Waals surface area contributed by atoms with Crippen molar-refractivity contribution in [2.45, 2.75) is 25.7 Å². The molecule has 1 aromatic heterocycles. The van der Waals surface area contributed by atoms with Crippen molar-refractivity contribution in [3.05, 3.63) is 48.3 Å². The van der Waals surface area contributed by atoms with Crippen LogP contribution in [0.1, 0.15) is 24.8 Å². The van der Waals surface area contributed by atoms with Gasteiger partial charge in [-0.15, -0.1) is 0 Å². The second kappa shape index (κ2) is 7.77. The van der Waals surface area contributed by atoms with E-state index in [4.69, 9.17) is 0 Å². The minimum absolute atomic E-state index is 0.0112. The minimum atomic E-state index is -0.132. The molecule has 2 aromatic rings. The van der Waals surface area contributed by atoms with E-state index in [1.165, 1.54) is 6.42 Å². The Kier molecular flexibility index (Phi) is 5.25. The Morgan fingerprint density at radius 3 is 2.50 bits per heavy atom. The fraction of sp³-hybridized carbons (Fsp3) is 0.389. The molecule has 0 spiro atoms. The summed E-state index contributed by atoms with van der Waals surface area (Å²) in [6.07, 6.45) is 7.16. The normalized spacial score (nSPS) is 14.4. The van der Waals surface area contributed by atoms with Crippen molar-refractivity contribution < 1.29 is 9.59 Å². The van der Waals surface area contributed by atoms with Crippen LogP contribution in [0.4, 0.5) is 0 Å². The summed E-state index contributed by atoms with van der Waals surface area (Å²) in [4.78, 5) is 25.9. The summed E-state index contributed by atoms with van der Waals surface area (Å²) in [5.74, 6) is -0.121.